The lowest BCUT2D eigenvalue weighted by atomic mass is 10.1. The van der Waals surface area contributed by atoms with Gasteiger partial charge in [0.2, 0.25) is 21.8 Å². The zero-order valence-electron chi connectivity index (χ0n) is 15.5. The van der Waals surface area contributed by atoms with Crippen LogP contribution in [0.5, 0.6) is 0 Å². The molecule has 0 aromatic heterocycles. The van der Waals surface area contributed by atoms with Gasteiger partial charge in [-0.2, -0.15) is 0 Å². The molecule has 2 N–H and O–H groups in total. The van der Waals surface area contributed by atoms with E-state index in [0.717, 1.165) is 11.0 Å². The van der Waals surface area contributed by atoms with E-state index in [0.29, 0.717) is 11.6 Å². The molecule has 2 aromatic carbocycles. The maximum Gasteiger partial charge on any atom is 0.240 e. The van der Waals surface area contributed by atoms with Crippen molar-refractivity contribution in [2.45, 2.75) is 17.9 Å². The Hall–Kier alpha value is -2.85. The van der Waals surface area contributed by atoms with Crippen LogP contribution in [0.4, 0.5) is 14.5 Å². The normalized spacial score (nSPS) is 16.9. The van der Waals surface area contributed by atoms with Crippen LogP contribution in [0.2, 0.25) is 0 Å². The van der Waals surface area contributed by atoms with Gasteiger partial charge in [0.25, 0.3) is 0 Å². The third kappa shape index (κ3) is 4.60. The lowest BCUT2D eigenvalue weighted by Crippen LogP contribution is -2.32. The van der Waals surface area contributed by atoms with E-state index in [1.807, 2.05) is 0 Å². The summed E-state index contributed by atoms with van der Waals surface area (Å²) in [5.41, 5.74) is 0.618. The second-order valence-corrected chi connectivity index (χ2v) is 8.46. The summed E-state index contributed by atoms with van der Waals surface area (Å²) in [6, 6.07) is 8.90. The number of anilines is 1. The number of hydrogen-bond acceptors (Lipinski definition) is 4. The van der Waals surface area contributed by atoms with Crippen molar-refractivity contribution in [1.29, 1.82) is 0 Å². The highest BCUT2D eigenvalue weighted by Crippen LogP contribution is 2.28. The molecule has 1 aliphatic heterocycles. The first-order chi connectivity index (χ1) is 13.7. The van der Waals surface area contributed by atoms with Crippen molar-refractivity contribution in [3.63, 3.8) is 0 Å². The van der Waals surface area contributed by atoms with Crippen LogP contribution in [0.15, 0.2) is 47.4 Å². The van der Waals surface area contributed by atoms with Crippen molar-refractivity contribution in [2.24, 2.45) is 5.92 Å². The summed E-state index contributed by atoms with van der Waals surface area (Å²) >= 11 is 0. The molecule has 0 spiro atoms. The average molecular weight is 423 g/mol. The molecule has 1 heterocycles. The number of carbonyl (C=O) groups excluding carboxylic acids is 2. The first-order valence-corrected chi connectivity index (χ1v) is 10.2. The summed E-state index contributed by atoms with van der Waals surface area (Å²) in [5.74, 6) is -3.08. The zero-order chi connectivity index (χ0) is 21.2. The van der Waals surface area contributed by atoms with Gasteiger partial charge in [0.1, 0.15) is 11.6 Å². The van der Waals surface area contributed by atoms with Crippen LogP contribution in [0.3, 0.4) is 0 Å². The maximum absolute atomic E-state index is 13.9. The Morgan fingerprint density at radius 2 is 1.86 bits per heavy atom. The maximum atomic E-state index is 13.9. The van der Waals surface area contributed by atoms with Crippen LogP contribution in [-0.2, 0) is 26.2 Å². The van der Waals surface area contributed by atoms with Crippen LogP contribution in [-0.4, -0.2) is 33.8 Å². The molecule has 3 rings (SSSR count). The van der Waals surface area contributed by atoms with Gasteiger partial charge >= 0.3 is 0 Å². The van der Waals surface area contributed by atoms with E-state index in [4.69, 9.17) is 0 Å². The van der Waals surface area contributed by atoms with E-state index in [9.17, 15) is 26.8 Å². The lowest BCUT2D eigenvalue weighted by molar-refractivity contribution is -0.126. The SMILES string of the molecule is CNS(=O)(=O)c1ccc(CNC(=O)C2CC(=O)N(c3ccc(F)cc3F)C2)cc1. The summed E-state index contributed by atoms with van der Waals surface area (Å²) in [7, 11) is -2.23. The molecule has 0 radical (unpaired) electrons. The molecule has 1 saturated heterocycles. The smallest absolute Gasteiger partial charge is 0.240 e. The van der Waals surface area contributed by atoms with Crippen LogP contribution in [0, 0.1) is 17.6 Å². The van der Waals surface area contributed by atoms with E-state index in [-0.39, 0.29) is 36.0 Å². The number of sulfonamides is 1. The molecule has 2 amide bonds. The fourth-order valence-electron chi connectivity index (χ4n) is 3.05. The molecule has 1 fully saturated rings. The van der Waals surface area contributed by atoms with Gasteiger partial charge < -0.3 is 10.2 Å². The Labute approximate surface area is 166 Å². The van der Waals surface area contributed by atoms with Crippen LogP contribution in [0.25, 0.3) is 0 Å². The molecule has 10 heteroatoms. The number of nitrogens with zero attached hydrogens (tertiary/aromatic N) is 1. The molecule has 0 saturated carbocycles. The Morgan fingerprint density at radius 3 is 2.48 bits per heavy atom. The number of hydrogen-bond donors (Lipinski definition) is 2. The minimum atomic E-state index is -3.54. The molecule has 7 nitrogen and oxygen atoms in total. The standard InChI is InChI=1S/C19H19F2N3O4S/c1-22-29(27,28)15-5-2-12(3-6-15)10-23-19(26)13-8-18(25)24(11-13)17-7-4-14(20)9-16(17)21/h2-7,9,13,22H,8,10-11H2,1H3,(H,23,26). The second-order valence-electron chi connectivity index (χ2n) is 6.57. The first kappa shape index (κ1) is 20.9. The van der Waals surface area contributed by atoms with E-state index in [2.05, 4.69) is 10.0 Å². The van der Waals surface area contributed by atoms with Crippen molar-refractivity contribution in [2.75, 3.05) is 18.5 Å². The fourth-order valence-corrected chi connectivity index (χ4v) is 3.78. The summed E-state index contributed by atoms with van der Waals surface area (Å²) < 4.78 is 52.6. The van der Waals surface area contributed by atoms with E-state index in [1.165, 1.54) is 25.2 Å². The minimum absolute atomic E-state index is 0.00737. The van der Waals surface area contributed by atoms with Crippen LogP contribution in [0.1, 0.15) is 12.0 Å². The van der Waals surface area contributed by atoms with Gasteiger partial charge in [-0.1, -0.05) is 12.1 Å². The van der Waals surface area contributed by atoms with Gasteiger partial charge in [-0.15, -0.1) is 0 Å². The molecule has 2 aromatic rings. The van der Waals surface area contributed by atoms with Crippen LogP contribution < -0.4 is 14.9 Å². The highest BCUT2D eigenvalue weighted by Gasteiger charge is 2.36. The largest absolute Gasteiger partial charge is 0.352 e. The Balaban J connectivity index is 1.61. The molecule has 1 unspecified atom stereocenters. The van der Waals surface area contributed by atoms with Crippen molar-refractivity contribution in [3.05, 3.63) is 59.7 Å². The monoisotopic (exact) mass is 423 g/mol. The topological polar surface area (TPSA) is 95.6 Å². The molecule has 1 aliphatic rings. The van der Waals surface area contributed by atoms with Crippen LogP contribution >= 0.6 is 0 Å². The van der Waals surface area contributed by atoms with Crippen molar-refractivity contribution < 1.29 is 26.8 Å². The molecule has 0 bridgehead atoms. The van der Waals surface area contributed by atoms with E-state index < -0.39 is 33.5 Å². The van der Waals surface area contributed by atoms with Gasteiger partial charge in [-0.25, -0.2) is 21.9 Å². The summed E-state index contributed by atoms with van der Waals surface area (Å²) in [6.45, 7) is 0.140. The number of halogens is 2. The van der Waals surface area contributed by atoms with E-state index >= 15 is 0 Å². The Kier molecular flexibility index (Phi) is 5.94. The minimum Gasteiger partial charge on any atom is -0.352 e. The molecular weight excluding hydrogens is 404 g/mol. The number of carbonyl (C=O) groups is 2. The second kappa shape index (κ2) is 8.26. The third-order valence-corrected chi connectivity index (χ3v) is 6.10. The van der Waals surface area contributed by atoms with Gasteiger partial charge in [-0.3, -0.25) is 9.59 Å². The quantitative estimate of drug-likeness (QED) is 0.737. The first-order valence-electron chi connectivity index (χ1n) is 8.77. The molecule has 0 aliphatic carbocycles. The predicted molar refractivity (Wildman–Crippen MR) is 101 cm³/mol. The van der Waals surface area contributed by atoms with Gasteiger partial charge in [0.15, 0.2) is 0 Å². The Bertz CT molecular complexity index is 1040. The van der Waals surface area contributed by atoms with Crippen molar-refractivity contribution in [1.82, 2.24) is 10.0 Å². The number of nitrogens with one attached hydrogen (secondary N) is 2. The van der Waals surface area contributed by atoms with Gasteiger partial charge in [0.05, 0.1) is 16.5 Å². The summed E-state index contributed by atoms with van der Waals surface area (Å²) in [6.07, 6.45) is -0.0813. The van der Waals surface area contributed by atoms with Crippen molar-refractivity contribution in [3.8, 4) is 0 Å². The average Bonchev–Trinajstić information content (AvgIpc) is 3.08. The molecule has 1 atom stereocenters. The van der Waals surface area contributed by atoms with Gasteiger partial charge in [-0.05, 0) is 36.9 Å². The zero-order valence-corrected chi connectivity index (χ0v) is 16.3. The highest BCUT2D eigenvalue weighted by molar-refractivity contribution is 7.89. The fraction of sp³-hybridized carbons (Fsp3) is 0.263. The summed E-state index contributed by atoms with van der Waals surface area (Å²) in [5, 5.41) is 2.69. The Morgan fingerprint density at radius 1 is 1.17 bits per heavy atom. The summed E-state index contributed by atoms with van der Waals surface area (Å²) in [4.78, 5) is 25.8. The lowest BCUT2D eigenvalue weighted by Gasteiger charge is -2.17. The molecule has 29 heavy (non-hydrogen) atoms. The molecule has 154 valence electrons. The third-order valence-electron chi connectivity index (χ3n) is 4.67. The predicted octanol–water partition coefficient (Wildman–Crippen LogP) is 1.54. The van der Waals surface area contributed by atoms with E-state index in [1.54, 1.807) is 12.1 Å². The highest BCUT2D eigenvalue weighted by atomic mass is 32.2. The molecular formula is C19H19F2N3O4S. The number of rotatable bonds is 6. The number of amides is 2. The van der Waals surface area contributed by atoms with Crippen molar-refractivity contribution >= 4 is 27.5 Å². The van der Waals surface area contributed by atoms with Gasteiger partial charge in [0, 0.05) is 25.6 Å². The number of benzene rings is 2.